The summed E-state index contributed by atoms with van der Waals surface area (Å²) in [4.78, 5) is 17.8. The molecule has 112 valence electrons. The number of carbonyl (C=O) groups is 1. The van der Waals surface area contributed by atoms with Crippen molar-refractivity contribution in [3.63, 3.8) is 0 Å². The number of aryl methyl sites for hydroxylation is 2. The first-order valence-corrected chi connectivity index (χ1v) is 6.95. The van der Waals surface area contributed by atoms with Gasteiger partial charge in [0.25, 0.3) is 0 Å². The van der Waals surface area contributed by atoms with Crippen molar-refractivity contribution < 1.29 is 9.21 Å². The number of rotatable bonds is 4. The fourth-order valence-corrected chi connectivity index (χ4v) is 2.29. The van der Waals surface area contributed by atoms with E-state index in [0.29, 0.717) is 6.54 Å². The van der Waals surface area contributed by atoms with E-state index in [2.05, 4.69) is 10.3 Å². The van der Waals surface area contributed by atoms with Crippen molar-refractivity contribution in [1.82, 2.24) is 15.2 Å². The Morgan fingerprint density at radius 2 is 2.05 bits per heavy atom. The van der Waals surface area contributed by atoms with Gasteiger partial charge in [-0.1, -0.05) is 0 Å². The first kappa shape index (κ1) is 15.1. The van der Waals surface area contributed by atoms with E-state index < -0.39 is 0 Å². The number of nitrogens with one attached hydrogen (secondary N) is 1. The molecule has 0 aliphatic rings. The average Bonchev–Trinajstić information content (AvgIpc) is 2.78. The van der Waals surface area contributed by atoms with Crippen molar-refractivity contribution >= 4 is 6.03 Å². The molecule has 2 aromatic rings. The van der Waals surface area contributed by atoms with Crippen LogP contribution in [0.1, 0.15) is 35.6 Å². The molecule has 5 nitrogen and oxygen atoms in total. The average molecular weight is 287 g/mol. The van der Waals surface area contributed by atoms with Gasteiger partial charge in [-0.25, -0.2) is 4.79 Å². The van der Waals surface area contributed by atoms with Crippen molar-refractivity contribution in [1.29, 1.82) is 0 Å². The smallest absolute Gasteiger partial charge is 0.317 e. The lowest BCUT2D eigenvalue weighted by atomic mass is 10.1. The maximum Gasteiger partial charge on any atom is 0.317 e. The van der Waals surface area contributed by atoms with Crippen molar-refractivity contribution in [3.05, 3.63) is 53.2 Å². The summed E-state index contributed by atoms with van der Waals surface area (Å²) in [5.74, 6) is 1.70. The highest BCUT2D eigenvalue weighted by Crippen LogP contribution is 2.21. The third-order valence-electron chi connectivity index (χ3n) is 3.40. The molecule has 0 aromatic carbocycles. The predicted molar refractivity (Wildman–Crippen MR) is 80.8 cm³/mol. The third-order valence-corrected chi connectivity index (χ3v) is 3.40. The zero-order valence-corrected chi connectivity index (χ0v) is 12.9. The molecule has 0 radical (unpaired) electrons. The van der Waals surface area contributed by atoms with Gasteiger partial charge in [0, 0.05) is 31.5 Å². The minimum Gasteiger partial charge on any atom is -0.466 e. The number of hydrogen-bond donors (Lipinski definition) is 1. The quantitative estimate of drug-likeness (QED) is 0.939. The van der Waals surface area contributed by atoms with Gasteiger partial charge >= 0.3 is 6.03 Å². The van der Waals surface area contributed by atoms with Crippen LogP contribution in [-0.2, 0) is 6.54 Å². The van der Waals surface area contributed by atoms with E-state index in [1.807, 2.05) is 39.0 Å². The fourth-order valence-electron chi connectivity index (χ4n) is 2.29. The van der Waals surface area contributed by atoms with E-state index >= 15 is 0 Å². The highest BCUT2D eigenvalue weighted by atomic mass is 16.3. The van der Waals surface area contributed by atoms with Gasteiger partial charge in [0.1, 0.15) is 11.5 Å². The molecule has 1 N–H and O–H groups in total. The molecule has 1 unspecified atom stereocenters. The largest absolute Gasteiger partial charge is 0.466 e. The second kappa shape index (κ2) is 6.43. The zero-order chi connectivity index (χ0) is 15.4. The topological polar surface area (TPSA) is 58.4 Å². The van der Waals surface area contributed by atoms with Gasteiger partial charge < -0.3 is 14.6 Å². The van der Waals surface area contributed by atoms with Crippen molar-refractivity contribution in [2.24, 2.45) is 0 Å². The van der Waals surface area contributed by atoms with E-state index in [1.54, 1.807) is 24.3 Å². The number of amides is 2. The van der Waals surface area contributed by atoms with Crippen LogP contribution in [0.25, 0.3) is 0 Å². The lowest BCUT2D eigenvalue weighted by Crippen LogP contribution is -2.38. The Labute approximate surface area is 125 Å². The predicted octanol–water partition coefficient (Wildman–Crippen LogP) is 3.19. The summed E-state index contributed by atoms with van der Waals surface area (Å²) in [6, 6.07) is 5.56. The molecule has 5 heteroatoms. The first-order chi connectivity index (χ1) is 9.97. The van der Waals surface area contributed by atoms with Gasteiger partial charge in [0.2, 0.25) is 0 Å². The fraction of sp³-hybridized carbons (Fsp3) is 0.375. The van der Waals surface area contributed by atoms with Gasteiger partial charge in [-0.3, -0.25) is 4.98 Å². The normalized spacial score (nSPS) is 12.0. The van der Waals surface area contributed by atoms with E-state index in [-0.39, 0.29) is 12.1 Å². The Morgan fingerprint density at radius 3 is 2.62 bits per heavy atom. The number of nitrogens with zero attached hydrogens (tertiary/aromatic N) is 2. The summed E-state index contributed by atoms with van der Waals surface area (Å²) >= 11 is 0. The molecule has 0 aliphatic carbocycles. The number of carbonyl (C=O) groups excluding carboxylic acids is 1. The van der Waals surface area contributed by atoms with Crippen LogP contribution < -0.4 is 5.32 Å². The van der Waals surface area contributed by atoms with Gasteiger partial charge in [-0.05, 0) is 44.5 Å². The van der Waals surface area contributed by atoms with Gasteiger partial charge in [-0.15, -0.1) is 0 Å². The van der Waals surface area contributed by atoms with Crippen LogP contribution in [0.15, 0.2) is 35.0 Å². The van der Waals surface area contributed by atoms with Crippen molar-refractivity contribution in [3.8, 4) is 0 Å². The Bertz CT molecular complexity index is 607. The van der Waals surface area contributed by atoms with Crippen LogP contribution in [0.3, 0.4) is 0 Å². The summed E-state index contributed by atoms with van der Waals surface area (Å²) in [6.07, 6.45) is 3.45. The SMILES string of the molecule is Cc1cc(C(C)NC(=O)N(C)Cc2ccncc2)c(C)o1. The Morgan fingerprint density at radius 1 is 1.38 bits per heavy atom. The second-order valence-electron chi connectivity index (χ2n) is 5.25. The van der Waals surface area contributed by atoms with E-state index in [4.69, 9.17) is 4.42 Å². The molecule has 1 atom stereocenters. The van der Waals surface area contributed by atoms with Crippen molar-refractivity contribution in [2.45, 2.75) is 33.4 Å². The third kappa shape index (κ3) is 3.84. The molecule has 0 saturated carbocycles. The molecule has 0 fully saturated rings. The van der Waals surface area contributed by atoms with Crippen LogP contribution in [0.2, 0.25) is 0 Å². The van der Waals surface area contributed by atoms with Crippen LogP contribution in [0.4, 0.5) is 4.79 Å². The van der Waals surface area contributed by atoms with Crippen molar-refractivity contribution in [2.75, 3.05) is 7.05 Å². The van der Waals surface area contributed by atoms with E-state index in [1.165, 1.54) is 0 Å². The Balaban J connectivity index is 1.96. The molecule has 0 aliphatic heterocycles. The number of hydrogen-bond acceptors (Lipinski definition) is 3. The highest BCUT2D eigenvalue weighted by molar-refractivity contribution is 5.74. The maximum absolute atomic E-state index is 12.2. The van der Waals surface area contributed by atoms with E-state index in [9.17, 15) is 4.79 Å². The molecule has 2 amide bonds. The summed E-state index contributed by atoms with van der Waals surface area (Å²) in [5.41, 5.74) is 2.06. The molecule has 0 spiro atoms. The number of aromatic nitrogens is 1. The van der Waals surface area contributed by atoms with Crippen LogP contribution in [0.5, 0.6) is 0 Å². The molecule has 2 rings (SSSR count). The second-order valence-corrected chi connectivity index (χ2v) is 5.25. The summed E-state index contributed by atoms with van der Waals surface area (Å²) in [5, 5.41) is 2.98. The molecule has 0 bridgehead atoms. The summed E-state index contributed by atoms with van der Waals surface area (Å²) in [6.45, 7) is 6.31. The minimum absolute atomic E-state index is 0.0881. The van der Waals surface area contributed by atoms with Crippen LogP contribution >= 0.6 is 0 Å². The van der Waals surface area contributed by atoms with Gasteiger partial charge in [0.05, 0.1) is 6.04 Å². The van der Waals surface area contributed by atoms with Gasteiger partial charge in [0.15, 0.2) is 0 Å². The summed E-state index contributed by atoms with van der Waals surface area (Å²) < 4.78 is 5.50. The first-order valence-electron chi connectivity index (χ1n) is 6.95. The number of furan rings is 1. The number of urea groups is 1. The highest BCUT2D eigenvalue weighted by Gasteiger charge is 2.17. The molecular weight excluding hydrogens is 266 g/mol. The molecule has 2 heterocycles. The Kier molecular flexibility index (Phi) is 4.62. The molecule has 21 heavy (non-hydrogen) atoms. The van der Waals surface area contributed by atoms with Crippen LogP contribution in [-0.4, -0.2) is 23.0 Å². The lowest BCUT2D eigenvalue weighted by Gasteiger charge is -2.21. The lowest BCUT2D eigenvalue weighted by molar-refractivity contribution is 0.203. The van der Waals surface area contributed by atoms with E-state index in [0.717, 1.165) is 22.6 Å². The number of pyridine rings is 1. The maximum atomic E-state index is 12.2. The van der Waals surface area contributed by atoms with Crippen LogP contribution in [0, 0.1) is 13.8 Å². The van der Waals surface area contributed by atoms with Gasteiger partial charge in [-0.2, -0.15) is 0 Å². The summed E-state index contributed by atoms with van der Waals surface area (Å²) in [7, 11) is 1.77. The molecule has 2 aromatic heterocycles. The molecule has 0 saturated heterocycles. The molecular formula is C16H21N3O2. The minimum atomic E-state index is -0.113. The monoisotopic (exact) mass is 287 g/mol. The standard InChI is InChI=1S/C16H21N3O2/c1-11-9-15(13(3)21-11)12(2)18-16(20)19(4)10-14-5-7-17-8-6-14/h5-9,12H,10H2,1-4H3,(H,18,20). The Hall–Kier alpha value is -2.30. The zero-order valence-electron chi connectivity index (χ0n) is 12.9.